The monoisotopic (exact) mass is 330 g/mol. The molecule has 0 unspecified atom stereocenters. The molecule has 4 heteroatoms. The summed E-state index contributed by atoms with van der Waals surface area (Å²) < 4.78 is 0. The molecule has 25 heavy (non-hydrogen) atoms. The molecule has 0 bridgehead atoms. The van der Waals surface area contributed by atoms with Crippen molar-refractivity contribution in [3.63, 3.8) is 0 Å². The van der Waals surface area contributed by atoms with Gasteiger partial charge >= 0.3 is 0 Å². The van der Waals surface area contributed by atoms with Gasteiger partial charge < -0.3 is 10.2 Å². The smallest absolute Gasteiger partial charge is 0.227 e. The van der Waals surface area contributed by atoms with E-state index in [2.05, 4.69) is 46.6 Å². The minimum atomic E-state index is 0.755. The Morgan fingerprint density at radius 1 is 0.840 bits per heavy atom. The number of nitrogens with one attached hydrogen (secondary N) is 1. The predicted octanol–water partition coefficient (Wildman–Crippen LogP) is 4.36. The van der Waals surface area contributed by atoms with Gasteiger partial charge in [-0.05, 0) is 18.4 Å². The number of nitrogens with zero attached hydrogens (tertiary/aromatic N) is 3. The van der Waals surface area contributed by atoms with Crippen LogP contribution in [0.5, 0.6) is 0 Å². The minimum Gasteiger partial charge on any atom is -0.366 e. The number of rotatable bonds is 5. The molecule has 1 fully saturated rings. The Bertz CT molecular complexity index is 812. The topological polar surface area (TPSA) is 41.1 Å². The molecule has 2 aromatic carbocycles. The average Bonchev–Trinajstić information content (AvgIpc) is 3.23. The van der Waals surface area contributed by atoms with Gasteiger partial charge in [0.2, 0.25) is 5.95 Å². The highest BCUT2D eigenvalue weighted by molar-refractivity contribution is 5.64. The summed E-state index contributed by atoms with van der Waals surface area (Å²) in [6, 6.07) is 22.7. The van der Waals surface area contributed by atoms with Crippen molar-refractivity contribution < 1.29 is 0 Å². The highest BCUT2D eigenvalue weighted by Crippen LogP contribution is 2.25. The summed E-state index contributed by atoms with van der Waals surface area (Å²) in [7, 11) is 0. The zero-order chi connectivity index (χ0) is 16.9. The summed E-state index contributed by atoms with van der Waals surface area (Å²) >= 11 is 0. The van der Waals surface area contributed by atoms with Crippen LogP contribution in [0.3, 0.4) is 0 Å². The van der Waals surface area contributed by atoms with Crippen LogP contribution in [0.4, 0.5) is 11.8 Å². The largest absolute Gasteiger partial charge is 0.366 e. The van der Waals surface area contributed by atoms with Crippen LogP contribution in [0, 0.1) is 0 Å². The van der Waals surface area contributed by atoms with E-state index < -0.39 is 0 Å². The fourth-order valence-corrected chi connectivity index (χ4v) is 3.13. The van der Waals surface area contributed by atoms with Crippen molar-refractivity contribution in [3.05, 3.63) is 72.3 Å². The predicted molar refractivity (Wildman–Crippen MR) is 103 cm³/mol. The quantitative estimate of drug-likeness (QED) is 0.755. The molecule has 126 valence electrons. The maximum atomic E-state index is 4.82. The van der Waals surface area contributed by atoms with Gasteiger partial charge in [-0.2, -0.15) is 4.98 Å². The Kier molecular flexibility index (Phi) is 4.59. The van der Waals surface area contributed by atoms with Gasteiger partial charge in [-0.15, -0.1) is 0 Å². The van der Waals surface area contributed by atoms with E-state index in [4.69, 9.17) is 9.97 Å². The van der Waals surface area contributed by atoms with Gasteiger partial charge in [0.15, 0.2) is 0 Å². The highest BCUT2D eigenvalue weighted by Gasteiger charge is 2.17. The summed E-state index contributed by atoms with van der Waals surface area (Å²) in [4.78, 5) is 11.9. The zero-order valence-corrected chi connectivity index (χ0v) is 14.2. The first-order chi connectivity index (χ1) is 12.4. The molecular weight excluding hydrogens is 308 g/mol. The molecule has 0 spiro atoms. The SMILES string of the molecule is c1ccc(CNc2cc(-c3ccccc3)nc(N3CCCC3)n2)cc1. The number of anilines is 2. The first kappa shape index (κ1) is 15.6. The van der Waals surface area contributed by atoms with Crippen LogP contribution >= 0.6 is 0 Å². The molecule has 0 atom stereocenters. The van der Waals surface area contributed by atoms with Gasteiger partial charge in [-0.25, -0.2) is 4.98 Å². The van der Waals surface area contributed by atoms with Gasteiger partial charge in [0.25, 0.3) is 0 Å². The number of benzene rings is 2. The van der Waals surface area contributed by atoms with E-state index in [9.17, 15) is 0 Å². The van der Waals surface area contributed by atoms with E-state index in [0.717, 1.165) is 42.7 Å². The van der Waals surface area contributed by atoms with Crippen molar-refractivity contribution in [1.82, 2.24) is 9.97 Å². The fourth-order valence-electron chi connectivity index (χ4n) is 3.13. The standard InChI is InChI=1S/C21H22N4/c1-3-9-17(10-4-1)16-22-20-15-19(18-11-5-2-6-12-18)23-21(24-20)25-13-7-8-14-25/h1-6,9-12,15H,7-8,13-14,16H2,(H,22,23,24). The maximum Gasteiger partial charge on any atom is 0.227 e. The Morgan fingerprint density at radius 2 is 1.52 bits per heavy atom. The molecule has 0 aliphatic carbocycles. The Labute approximate surface area is 148 Å². The third-order valence-corrected chi connectivity index (χ3v) is 4.49. The minimum absolute atomic E-state index is 0.755. The van der Waals surface area contributed by atoms with Crippen LogP contribution in [-0.2, 0) is 6.54 Å². The molecule has 4 nitrogen and oxygen atoms in total. The third kappa shape index (κ3) is 3.79. The van der Waals surface area contributed by atoms with E-state index in [1.165, 1.54) is 18.4 Å². The number of hydrogen-bond donors (Lipinski definition) is 1. The lowest BCUT2D eigenvalue weighted by molar-refractivity contribution is 0.898. The number of aromatic nitrogens is 2. The first-order valence-corrected chi connectivity index (χ1v) is 8.86. The molecule has 1 saturated heterocycles. The molecule has 0 radical (unpaired) electrons. The molecule has 0 amide bonds. The van der Waals surface area contributed by atoms with Crippen molar-refractivity contribution in [2.24, 2.45) is 0 Å². The summed E-state index contributed by atoms with van der Waals surface area (Å²) in [5.41, 5.74) is 3.33. The van der Waals surface area contributed by atoms with Crippen LogP contribution in [0.1, 0.15) is 18.4 Å². The second-order valence-corrected chi connectivity index (χ2v) is 6.34. The molecule has 1 aliphatic rings. The van der Waals surface area contributed by atoms with Gasteiger partial charge in [-0.3, -0.25) is 0 Å². The van der Waals surface area contributed by atoms with Gasteiger partial charge in [0.05, 0.1) is 5.69 Å². The van der Waals surface area contributed by atoms with Crippen molar-refractivity contribution >= 4 is 11.8 Å². The lowest BCUT2D eigenvalue weighted by atomic mass is 10.1. The zero-order valence-electron chi connectivity index (χ0n) is 14.2. The number of hydrogen-bond acceptors (Lipinski definition) is 4. The average molecular weight is 330 g/mol. The molecule has 0 saturated carbocycles. The summed E-state index contributed by atoms with van der Waals surface area (Å²) in [5, 5.41) is 3.46. The molecule has 1 aliphatic heterocycles. The molecule has 2 heterocycles. The van der Waals surface area contributed by atoms with Gasteiger partial charge in [0.1, 0.15) is 5.82 Å². The highest BCUT2D eigenvalue weighted by atomic mass is 15.3. The van der Waals surface area contributed by atoms with Crippen molar-refractivity contribution in [2.45, 2.75) is 19.4 Å². The summed E-state index contributed by atoms with van der Waals surface area (Å²) in [5.74, 6) is 1.70. The first-order valence-electron chi connectivity index (χ1n) is 8.86. The molecule has 1 N–H and O–H groups in total. The van der Waals surface area contributed by atoms with Gasteiger partial charge in [-0.1, -0.05) is 60.7 Å². The lowest BCUT2D eigenvalue weighted by Gasteiger charge is -2.18. The summed E-state index contributed by atoms with van der Waals surface area (Å²) in [6.45, 7) is 2.83. The van der Waals surface area contributed by atoms with Crippen LogP contribution in [0.2, 0.25) is 0 Å². The molecular formula is C21H22N4. The maximum absolute atomic E-state index is 4.82. The Hall–Kier alpha value is -2.88. The van der Waals surface area contributed by atoms with Crippen LogP contribution in [0.15, 0.2) is 66.7 Å². The lowest BCUT2D eigenvalue weighted by Crippen LogP contribution is -2.21. The van der Waals surface area contributed by atoms with Crippen LogP contribution < -0.4 is 10.2 Å². The van der Waals surface area contributed by atoms with E-state index in [0.29, 0.717) is 0 Å². The second kappa shape index (κ2) is 7.34. The van der Waals surface area contributed by atoms with Crippen molar-refractivity contribution in [3.8, 4) is 11.3 Å². The van der Waals surface area contributed by atoms with Crippen molar-refractivity contribution in [2.75, 3.05) is 23.3 Å². The summed E-state index contributed by atoms with van der Waals surface area (Å²) in [6.07, 6.45) is 2.43. The molecule has 3 aromatic rings. The molecule has 1 aromatic heterocycles. The van der Waals surface area contributed by atoms with Crippen LogP contribution in [0.25, 0.3) is 11.3 Å². The van der Waals surface area contributed by atoms with E-state index in [1.807, 2.05) is 30.3 Å². The fraction of sp³-hybridized carbons (Fsp3) is 0.238. The normalized spacial score (nSPS) is 13.8. The van der Waals surface area contributed by atoms with Crippen LogP contribution in [-0.4, -0.2) is 23.1 Å². The second-order valence-electron chi connectivity index (χ2n) is 6.34. The van der Waals surface area contributed by atoms with Gasteiger partial charge in [0, 0.05) is 31.3 Å². The Morgan fingerprint density at radius 3 is 2.24 bits per heavy atom. The molecule has 4 rings (SSSR count). The van der Waals surface area contributed by atoms with Crippen molar-refractivity contribution in [1.29, 1.82) is 0 Å². The van der Waals surface area contributed by atoms with E-state index in [1.54, 1.807) is 0 Å². The Balaban J connectivity index is 1.63. The van der Waals surface area contributed by atoms with E-state index in [-0.39, 0.29) is 0 Å². The van der Waals surface area contributed by atoms with E-state index >= 15 is 0 Å². The third-order valence-electron chi connectivity index (χ3n) is 4.49.